The van der Waals surface area contributed by atoms with E-state index in [1.54, 1.807) is 18.3 Å². The molecule has 29 heavy (non-hydrogen) atoms. The first-order chi connectivity index (χ1) is 14.1. The lowest BCUT2D eigenvalue weighted by Gasteiger charge is -2.42. The zero-order valence-corrected chi connectivity index (χ0v) is 16.5. The largest absolute Gasteiger partial charge is 0.491 e. The minimum absolute atomic E-state index is 0.0216. The quantitative estimate of drug-likeness (QED) is 0.767. The molecule has 0 N–H and O–H groups in total. The fraction of sp³-hybridized carbons (Fsp3) is 0.476. The number of morpholine rings is 1. The number of rotatable bonds is 5. The number of nitrogens with zero attached hydrogens (tertiary/aromatic N) is 4. The molecular formula is C21H25FN4O3. The van der Waals surface area contributed by atoms with Crippen LogP contribution in [0.2, 0.25) is 0 Å². The number of halogens is 1. The van der Waals surface area contributed by atoms with Gasteiger partial charge in [-0.3, -0.25) is 4.79 Å². The van der Waals surface area contributed by atoms with Crippen LogP contribution in [0.1, 0.15) is 18.5 Å². The van der Waals surface area contributed by atoms with Gasteiger partial charge in [-0.15, -0.1) is 0 Å². The van der Waals surface area contributed by atoms with E-state index in [4.69, 9.17) is 9.47 Å². The first-order valence-electron chi connectivity index (χ1n) is 9.92. The maximum Gasteiger partial charge on any atom is 0.248 e. The summed E-state index contributed by atoms with van der Waals surface area (Å²) in [5.41, 5.74) is 0.949. The Balaban J connectivity index is 1.31. The summed E-state index contributed by atoms with van der Waals surface area (Å²) in [6.07, 6.45) is 3.32. The van der Waals surface area contributed by atoms with Crippen LogP contribution in [-0.4, -0.2) is 65.8 Å². The lowest BCUT2D eigenvalue weighted by Crippen LogP contribution is -2.55. The Morgan fingerprint density at radius 2 is 1.97 bits per heavy atom. The van der Waals surface area contributed by atoms with Gasteiger partial charge in [0.1, 0.15) is 30.9 Å². The van der Waals surface area contributed by atoms with Crippen LogP contribution in [0.4, 0.5) is 10.3 Å². The van der Waals surface area contributed by atoms with Crippen LogP contribution in [0.15, 0.2) is 36.5 Å². The summed E-state index contributed by atoms with van der Waals surface area (Å²) in [7, 11) is 0. The number of carbonyl (C=O) groups excluding carboxylic acids is 1. The molecule has 0 spiro atoms. The lowest BCUT2D eigenvalue weighted by molar-refractivity contribution is -0.154. The molecule has 1 atom stereocenters. The molecule has 0 aliphatic carbocycles. The Morgan fingerprint density at radius 3 is 2.69 bits per heavy atom. The molecular weight excluding hydrogens is 375 g/mol. The highest BCUT2D eigenvalue weighted by molar-refractivity contribution is 5.78. The SMILES string of the molecule is Cc1ccnc(N2CCC(N3CC(COc4ccc(F)cc4)OCC3=O)CC2)n1. The highest BCUT2D eigenvalue weighted by Gasteiger charge is 2.34. The number of benzene rings is 1. The summed E-state index contributed by atoms with van der Waals surface area (Å²) in [6.45, 7) is 4.49. The van der Waals surface area contributed by atoms with Crippen molar-refractivity contribution in [1.82, 2.24) is 14.9 Å². The van der Waals surface area contributed by atoms with Crippen molar-refractivity contribution >= 4 is 11.9 Å². The van der Waals surface area contributed by atoms with Crippen molar-refractivity contribution in [2.45, 2.75) is 31.9 Å². The molecule has 3 heterocycles. The van der Waals surface area contributed by atoms with Crippen molar-refractivity contribution in [2.24, 2.45) is 0 Å². The molecule has 0 radical (unpaired) electrons. The zero-order valence-electron chi connectivity index (χ0n) is 16.5. The van der Waals surface area contributed by atoms with Gasteiger partial charge in [-0.05, 0) is 50.1 Å². The van der Waals surface area contributed by atoms with Gasteiger partial charge >= 0.3 is 0 Å². The van der Waals surface area contributed by atoms with E-state index in [0.717, 1.165) is 37.6 Å². The van der Waals surface area contributed by atoms with E-state index in [1.165, 1.54) is 12.1 Å². The molecule has 2 saturated heterocycles. The molecule has 1 aromatic heterocycles. The van der Waals surface area contributed by atoms with Gasteiger partial charge < -0.3 is 19.3 Å². The third-order valence-corrected chi connectivity index (χ3v) is 5.38. The highest BCUT2D eigenvalue weighted by atomic mass is 19.1. The van der Waals surface area contributed by atoms with E-state index < -0.39 is 0 Å². The van der Waals surface area contributed by atoms with Gasteiger partial charge in [0, 0.05) is 31.0 Å². The molecule has 1 aromatic carbocycles. The smallest absolute Gasteiger partial charge is 0.248 e. The Kier molecular flexibility index (Phi) is 5.89. The van der Waals surface area contributed by atoms with E-state index in [0.29, 0.717) is 18.9 Å². The summed E-state index contributed by atoms with van der Waals surface area (Å²) in [6, 6.07) is 7.96. The lowest BCUT2D eigenvalue weighted by atomic mass is 10.0. The van der Waals surface area contributed by atoms with Gasteiger partial charge in [-0.2, -0.15) is 0 Å². The van der Waals surface area contributed by atoms with Crippen LogP contribution in [0.3, 0.4) is 0 Å². The maximum absolute atomic E-state index is 13.0. The Bertz CT molecular complexity index is 840. The number of hydrogen-bond donors (Lipinski definition) is 0. The summed E-state index contributed by atoms with van der Waals surface area (Å²) < 4.78 is 24.3. The molecule has 0 saturated carbocycles. The van der Waals surface area contributed by atoms with Crippen LogP contribution < -0.4 is 9.64 Å². The molecule has 2 aliphatic heterocycles. The van der Waals surface area contributed by atoms with Crippen LogP contribution in [0, 0.1) is 12.7 Å². The summed E-state index contributed by atoms with van der Waals surface area (Å²) in [5.74, 6) is 1.06. The van der Waals surface area contributed by atoms with Crippen LogP contribution in [0.5, 0.6) is 5.75 Å². The van der Waals surface area contributed by atoms with Gasteiger partial charge in [-0.25, -0.2) is 14.4 Å². The molecule has 4 rings (SSSR count). The van der Waals surface area contributed by atoms with E-state index in [1.807, 2.05) is 17.9 Å². The minimum atomic E-state index is -0.301. The fourth-order valence-corrected chi connectivity index (χ4v) is 3.79. The predicted molar refractivity (Wildman–Crippen MR) is 105 cm³/mol. The highest BCUT2D eigenvalue weighted by Crippen LogP contribution is 2.23. The normalized spacial score (nSPS) is 20.8. The second-order valence-electron chi connectivity index (χ2n) is 7.46. The summed E-state index contributed by atoms with van der Waals surface area (Å²) in [4.78, 5) is 25.4. The monoisotopic (exact) mass is 400 g/mol. The molecule has 2 fully saturated rings. The number of amides is 1. The van der Waals surface area contributed by atoms with Crippen molar-refractivity contribution in [3.63, 3.8) is 0 Å². The molecule has 154 valence electrons. The van der Waals surface area contributed by atoms with Gasteiger partial charge in [0.2, 0.25) is 11.9 Å². The predicted octanol–water partition coefficient (Wildman–Crippen LogP) is 2.20. The average Bonchev–Trinajstić information content (AvgIpc) is 2.74. The van der Waals surface area contributed by atoms with Crippen molar-refractivity contribution in [1.29, 1.82) is 0 Å². The number of piperidine rings is 1. The molecule has 1 amide bonds. The number of ether oxygens (including phenoxy) is 2. The van der Waals surface area contributed by atoms with Gasteiger partial charge in [0.05, 0.1) is 6.54 Å². The Hall–Kier alpha value is -2.74. The van der Waals surface area contributed by atoms with Crippen LogP contribution in [-0.2, 0) is 9.53 Å². The fourth-order valence-electron chi connectivity index (χ4n) is 3.79. The second-order valence-corrected chi connectivity index (χ2v) is 7.46. The second kappa shape index (κ2) is 8.73. The summed E-state index contributed by atoms with van der Waals surface area (Å²) in [5, 5.41) is 0. The van der Waals surface area contributed by atoms with Gasteiger partial charge in [0.15, 0.2) is 0 Å². The van der Waals surface area contributed by atoms with E-state index in [-0.39, 0.29) is 30.5 Å². The van der Waals surface area contributed by atoms with E-state index in [2.05, 4.69) is 14.9 Å². The van der Waals surface area contributed by atoms with Crippen LogP contribution in [0.25, 0.3) is 0 Å². The molecule has 7 nitrogen and oxygen atoms in total. The molecule has 8 heteroatoms. The molecule has 2 aromatic rings. The number of carbonyl (C=O) groups is 1. The third kappa shape index (κ3) is 4.82. The van der Waals surface area contributed by atoms with Crippen molar-refractivity contribution in [3.05, 3.63) is 48.0 Å². The zero-order chi connectivity index (χ0) is 20.2. The number of anilines is 1. The van der Waals surface area contributed by atoms with Crippen molar-refractivity contribution in [2.75, 3.05) is 37.7 Å². The van der Waals surface area contributed by atoms with Crippen LogP contribution >= 0.6 is 0 Å². The topological polar surface area (TPSA) is 67.8 Å². The molecule has 2 aliphatic rings. The molecule has 0 bridgehead atoms. The first kappa shape index (κ1) is 19.6. The Labute approximate surface area is 169 Å². The van der Waals surface area contributed by atoms with Crippen molar-refractivity contribution < 1.29 is 18.7 Å². The van der Waals surface area contributed by atoms with Crippen molar-refractivity contribution in [3.8, 4) is 5.75 Å². The number of aryl methyl sites for hydroxylation is 1. The minimum Gasteiger partial charge on any atom is -0.491 e. The van der Waals surface area contributed by atoms with E-state index in [9.17, 15) is 9.18 Å². The van der Waals surface area contributed by atoms with E-state index >= 15 is 0 Å². The van der Waals surface area contributed by atoms with Gasteiger partial charge in [0.25, 0.3) is 0 Å². The maximum atomic E-state index is 13.0. The Morgan fingerprint density at radius 1 is 1.21 bits per heavy atom. The standard InChI is InChI=1S/C21H25FN4O3/c1-15-6-9-23-21(24-15)25-10-7-17(8-11-25)26-12-19(29-14-20(26)27)13-28-18-4-2-16(22)3-5-18/h2-6,9,17,19H,7-8,10-14H2,1H3. The third-order valence-electron chi connectivity index (χ3n) is 5.38. The first-order valence-corrected chi connectivity index (χ1v) is 9.92. The number of aromatic nitrogens is 2. The number of hydrogen-bond acceptors (Lipinski definition) is 6. The summed E-state index contributed by atoms with van der Waals surface area (Å²) >= 11 is 0. The molecule has 1 unspecified atom stereocenters. The van der Waals surface area contributed by atoms with Gasteiger partial charge in [-0.1, -0.05) is 0 Å². The average molecular weight is 400 g/mol.